The van der Waals surface area contributed by atoms with Crippen LogP contribution in [-0.4, -0.2) is 35.1 Å². The van der Waals surface area contributed by atoms with E-state index in [1.165, 1.54) is 12.3 Å². The molecule has 0 aliphatic heterocycles. The summed E-state index contributed by atoms with van der Waals surface area (Å²) in [4.78, 5) is 28.2. The van der Waals surface area contributed by atoms with E-state index in [1.807, 2.05) is 6.07 Å². The third kappa shape index (κ3) is 4.50. The number of carbonyl (C=O) groups is 2. The van der Waals surface area contributed by atoms with Crippen molar-refractivity contribution < 1.29 is 19.4 Å². The Morgan fingerprint density at radius 2 is 2.00 bits per heavy atom. The molecule has 0 radical (unpaired) electrons. The first-order chi connectivity index (χ1) is 12.2. The van der Waals surface area contributed by atoms with Crippen molar-refractivity contribution in [2.75, 3.05) is 18.9 Å². The monoisotopic (exact) mass is 357 g/mol. The molecule has 0 aliphatic carbocycles. The van der Waals surface area contributed by atoms with Gasteiger partial charge in [-0.25, -0.2) is 4.98 Å². The van der Waals surface area contributed by atoms with Gasteiger partial charge in [0.1, 0.15) is 5.75 Å². The van der Waals surface area contributed by atoms with Crippen molar-refractivity contribution in [3.05, 3.63) is 42.2 Å². The molecule has 7 heteroatoms. The van der Waals surface area contributed by atoms with Crippen molar-refractivity contribution >= 4 is 17.6 Å². The molecule has 0 bridgehead atoms. The predicted octanol–water partition coefficient (Wildman–Crippen LogP) is 2.36. The van der Waals surface area contributed by atoms with E-state index in [1.54, 1.807) is 39.0 Å². The lowest BCUT2D eigenvalue weighted by Crippen LogP contribution is -2.40. The molecule has 138 valence electrons. The molecule has 0 fully saturated rings. The smallest absolute Gasteiger partial charge is 0.313 e. The summed E-state index contributed by atoms with van der Waals surface area (Å²) in [5.41, 5.74) is 6.76. The Kier molecular flexibility index (Phi) is 5.82. The average molecular weight is 357 g/mol. The van der Waals surface area contributed by atoms with Crippen LogP contribution < -0.4 is 11.1 Å². The number of ether oxygens (including phenoxy) is 1. The first kappa shape index (κ1) is 19.2. The van der Waals surface area contributed by atoms with Gasteiger partial charge in [-0.1, -0.05) is 12.1 Å². The van der Waals surface area contributed by atoms with Crippen molar-refractivity contribution in [3.8, 4) is 16.9 Å². The van der Waals surface area contributed by atoms with E-state index < -0.39 is 17.3 Å². The number of aromatic hydroxyl groups is 1. The van der Waals surface area contributed by atoms with Crippen LogP contribution >= 0.6 is 0 Å². The van der Waals surface area contributed by atoms with Crippen molar-refractivity contribution in [2.24, 2.45) is 5.41 Å². The lowest BCUT2D eigenvalue weighted by Gasteiger charge is -2.22. The summed E-state index contributed by atoms with van der Waals surface area (Å²) in [6.45, 7) is 5.38. The maximum atomic E-state index is 12.3. The van der Waals surface area contributed by atoms with E-state index in [-0.39, 0.29) is 24.6 Å². The molecular formula is C19H23N3O4. The molecule has 4 N–H and O–H groups in total. The summed E-state index contributed by atoms with van der Waals surface area (Å²) >= 11 is 0. The van der Waals surface area contributed by atoms with Crippen LogP contribution in [0.5, 0.6) is 5.75 Å². The van der Waals surface area contributed by atoms with Gasteiger partial charge in [0.2, 0.25) is 0 Å². The minimum absolute atomic E-state index is 0.0583. The van der Waals surface area contributed by atoms with Crippen LogP contribution in [0.15, 0.2) is 36.5 Å². The molecule has 0 unspecified atom stereocenters. The van der Waals surface area contributed by atoms with Crippen molar-refractivity contribution in [1.82, 2.24) is 10.3 Å². The molecule has 7 nitrogen and oxygen atoms in total. The fourth-order valence-corrected chi connectivity index (χ4v) is 2.29. The molecule has 1 aromatic heterocycles. The van der Waals surface area contributed by atoms with Gasteiger partial charge in [0.25, 0.3) is 5.91 Å². The van der Waals surface area contributed by atoms with Crippen LogP contribution in [-0.2, 0) is 9.53 Å². The Hall–Kier alpha value is -3.09. The summed E-state index contributed by atoms with van der Waals surface area (Å²) < 4.78 is 4.98. The van der Waals surface area contributed by atoms with E-state index >= 15 is 0 Å². The molecule has 1 amide bonds. The lowest BCUT2D eigenvalue weighted by molar-refractivity contribution is -0.153. The molecule has 2 rings (SSSR count). The predicted molar refractivity (Wildman–Crippen MR) is 98.5 cm³/mol. The normalized spacial score (nSPS) is 11.0. The fraction of sp³-hybridized carbons (Fsp3) is 0.316. The molecule has 2 aromatic rings. The average Bonchev–Trinajstić information content (AvgIpc) is 2.60. The second kappa shape index (κ2) is 7.86. The zero-order valence-corrected chi connectivity index (χ0v) is 15.1. The van der Waals surface area contributed by atoms with Gasteiger partial charge >= 0.3 is 5.97 Å². The number of aromatic nitrogens is 1. The highest BCUT2D eigenvalue weighted by molar-refractivity contribution is 5.95. The maximum Gasteiger partial charge on any atom is 0.313 e. The van der Waals surface area contributed by atoms with Crippen LogP contribution in [0.2, 0.25) is 0 Å². The van der Waals surface area contributed by atoms with Crippen LogP contribution in [0.25, 0.3) is 11.1 Å². The van der Waals surface area contributed by atoms with E-state index in [0.29, 0.717) is 11.3 Å². The number of nitrogens with zero attached hydrogens (tertiary/aromatic N) is 1. The quantitative estimate of drug-likeness (QED) is 0.540. The Morgan fingerprint density at radius 3 is 2.62 bits per heavy atom. The highest BCUT2D eigenvalue weighted by Crippen LogP contribution is 2.26. The van der Waals surface area contributed by atoms with Gasteiger partial charge in [-0.3, -0.25) is 9.59 Å². The highest BCUT2D eigenvalue weighted by atomic mass is 16.5. The number of anilines is 1. The number of esters is 1. The number of nitrogen functional groups attached to an aromatic ring is 1. The Morgan fingerprint density at radius 1 is 1.27 bits per heavy atom. The number of carbonyl (C=O) groups excluding carboxylic acids is 2. The van der Waals surface area contributed by atoms with Gasteiger partial charge in [0, 0.05) is 24.0 Å². The summed E-state index contributed by atoms with van der Waals surface area (Å²) in [6, 6.07) is 8.57. The van der Waals surface area contributed by atoms with Crippen LogP contribution in [0.1, 0.15) is 31.3 Å². The minimum Gasteiger partial charge on any atom is -0.505 e. The SMILES string of the molecule is CCOC(=O)C(C)(C)CNC(=O)c1ncc(-c2cccc(N)c2)cc1O. The van der Waals surface area contributed by atoms with E-state index in [9.17, 15) is 14.7 Å². The largest absolute Gasteiger partial charge is 0.505 e. The van der Waals surface area contributed by atoms with Crippen molar-refractivity contribution in [2.45, 2.75) is 20.8 Å². The second-order valence-corrected chi connectivity index (χ2v) is 6.50. The molecular weight excluding hydrogens is 334 g/mol. The molecule has 0 saturated heterocycles. The number of pyridine rings is 1. The second-order valence-electron chi connectivity index (χ2n) is 6.50. The molecule has 0 spiro atoms. The molecule has 0 atom stereocenters. The van der Waals surface area contributed by atoms with Crippen molar-refractivity contribution in [1.29, 1.82) is 0 Å². The third-order valence-corrected chi connectivity index (χ3v) is 3.82. The third-order valence-electron chi connectivity index (χ3n) is 3.82. The first-order valence-corrected chi connectivity index (χ1v) is 8.25. The van der Waals surface area contributed by atoms with Gasteiger partial charge in [0.05, 0.1) is 12.0 Å². The summed E-state index contributed by atoms with van der Waals surface area (Å²) in [5, 5.41) is 12.8. The zero-order valence-electron chi connectivity index (χ0n) is 15.1. The number of hydrogen-bond acceptors (Lipinski definition) is 6. The molecule has 1 heterocycles. The minimum atomic E-state index is -0.886. The zero-order chi connectivity index (χ0) is 19.3. The van der Waals surface area contributed by atoms with Crippen LogP contribution in [0.3, 0.4) is 0 Å². The van der Waals surface area contributed by atoms with Gasteiger partial charge in [0.15, 0.2) is 5.69 Å². The molecule has 26 heavy (non-hydrogen) atoms. The summed E-state index contributed by atoms with van der Waals surface area (Å²) in [6.07, 6.45) is 1.49. The Bertz CT molecular complexity index is 818. The van der Waals surface area contributed by atoms with Gasteiger partial charge in [-0.2, -0.15) is 0 Å². The Balaban J connectivity index is 2.11. The number of amides is 1. The highest BCUT2D eigenvalue weighted by Gasteiger charge is 2.30. The Labute approximate surface area is 152 Å². The van der Waals surface area contributed by atoms with Crippen LogP contribution in [0, 0.1) is 5.41 Å². The number of nitrogens with two attached hydrogens (primary N) is 1. The van der Waals surface area contributed by atoms with Gasteiger partial charge in [-0.15, -0.1) is 0 Å². The fourth-order valence-electron chi connectivity index (χ4n) is 2.29. The molecule has 0 saturated carbocycles. The number of nitrogens with one attached hydrogen (secondary N) is 1. The van der Waals surface area contributed by atoms with Gasteiger partial charge in [-0.05, 0) is 44.5 Å². The first-order valence-electron chi connectivity index (χ1n) is 8.25. The lowest BCUT2D eigenvalue weighted by atomic mass is 9.93. The topological polar surface area (TPSA) is 115 Å². The van der Waals surface area contributed by atoms with E-state index in [4.69, 9.17) is 10.5 Å². The van der Waals surface area contributed by atoms with E-state index in [0.717, 1.165) is 5.56 Å². The maximum absolute atomic E-state index is 12.3. The molecule has 1 aromatic carbocycles. The van der Waals surface area contributed by atoms with E-state index in [2.05, 4.69) is 10.3 Å². The summed E-state index contributed by atoms with van der Waals surface area (Å²) in [5.74, 6) is -1.23. The van der Waals surface area contributed by atoms with Gasteiger partial charge < -0.3 is 20.9 Å². The number of hydrogen-bond donors (Lipinski definition) is 3. The standard InChI is InChI=1S/C19H23N3O4/c1-4-26-18(25)19(2,3)11-22-17(24)16-15(23)9-13(10-21-16)12-6-5-7-14(20)8-12/h5-10,23H,4,11,20H2,1-3H3,(H,22,24). The summed E-state index contributed by atoms with van der Waals surface area (Å²) in [7, 11) is 0. The van der Waals surface area contributed by atoms with Crippen molar-refractivity contribution in [3.63, 3.8) is 0 Å². The number of rotatable bonds is 6. The molecule has 0 aliphatic rings. The van der Waals surface area contributed by atoms with Crippen LogP contribution in [0.4, 0.5) is 5.69 Å². The number of benzene rings is 1.